The van der Waals surface area contributed by atoms with Crippen LogP contribution in [0.2, 0.25) is 0 Å². The summed E-state index contributed by atoms with van der Waals surface area (Å²) in [5.74, 6) is -0.959. The maximum atomic E-state index is 14.4. The predicted molar refractivity (Wildman–Crippen MR) is 139 cm³/mol. The molecule has 3 aromatic carbocycles. The van der Waals surface area contributed by atoms with Gasteiger partial charge < -0.3 is 10.1 Å². The van der Waals surface area contributed by atoms with Gasteiger partial charge in [0.2, 0.25) is 5.91 Å². The fraction of sp³-hybridized carbons (Fsp3) is 0.179. The van der Waals surface area contributed by atoms with Crippen LogP contribution < -0.4 is 15.0 Å². The largest absolute Gasteiger partial charge is 0.495 e. The summed E-state index contributed by atoms with van der Waals surface area (Å²) >= 11 is 1.09. The minimum atomic E-state index is -0.707. The second-order valence-electron chi connectivity index (χ2n) is 8.29. The highest BCUT2D eigenvalue weighted by Crippen LogP contribution is 2.42. The molecule has 1 aliphatic rings. The maximum Gasteiger partial charge on any atom is 0.269 e. The van der Waals surface area contributed by atoms with Crippen LogP contribution in [0.25, 0.3) is 0 Å². The number of para-hydroxylation sites is 2. The number of amides is 2. The van der Waals surface area contributed by atoms with Gasteiger partial charge in [-0.15, -0.1) is 0 Å². The lowest BCUT2D eigenvalue weighted by atomic mass is 10.1. The number of nitriles is 1. The van der Waals surface area contributed by atoms with Crippen molar-refractivity contribution in [1.29, 1.82) is 5.26 Å². The number of rotatable bonds is 6. The van der Waals surface area contributed by atoms with Crippen LogP contribution in [0.5, 0.6) is 5.75 Å². The fourth-order valence-corrected chi connectivity index (χ4v) is 5.18. The standard InChI is InChI=1S/C28H24FN3O3S/c1-17-12-13-20(14-18(17)2)32-27(34)25(15-19-8-4-5-9-22(19)29)36-28(32)21(16-30)26(33)31-23-10-6-7-11-24(23)35-3/h4-14,25H,15H2,1-3H3,(H,31,33)/b28-21-. The Morgan fingerprint density at radius 3 is 2.53 bits per heavy atom. The second kappa shape index (κ2) is 10.7. The molecule has 4 rings (SSSR count). The summed E-state index contributed by atoms with van der Waals surface area (Å²) in [6, 6.07) is 20.6. The SMILES string of the molecule is COc1ccccc1NC(=O)/C(C#N)=C1\SC(Cc2ccccc2F)C(=O)N1c1ccc(C)c(C)c1. The van der Waals surface area contributed by atoms with Gasteiger partial charge in [-0.05, 0) is 67.3 Å². The van der Waals surface area contributed by atoms with Crippen molar-refractivity contribution in [1.82, 2.24) is 0 Å². The number of nitrogens with zero attached hydrogens (tertiary/aromatic N) is 2. The third-order valence-corrected chi connectivity index (χ3v) is 7.24. The number of carbonyl (C=O) groups excluding carboxylic acids is 2. The van der Waals surface area contributed by atoms with Crippen molar-refractivity contribution < 1.29 is 18.7 Å². The van der Waals surface area contributed by atoms with Crippen molar-refractivity contribution in [3.8, 4) is 11.8 Å². The first-order valence-corrected chi connectivity index (χ1v) is 12.1. The third kappa shape index (κ3) is 4.97. The fourth-order valence-electron chi connectivity index (χ4n) is 3.88. The molecular weight excluding hydrogens is 477 g/mol. The van der Waals surface area contributed by atoms with E-state index in [9.17, 15) is 19.2 Å². The number of hydrogen-bond acceptors (Lipinski definition) is 5. The van der Waals surface area contributed by atoms with Crippen LogP contribution in [0.4, 0.5) is 15.8 Å². The minimum Gasteiger partial charge on any atom is -0.495 e. The Labute approximate surface area is 213 Å². The van der Waals surface area contributed by atoms with E-state index in [-0.39, 0.29) is 22.9 Å². The van der Waals surface area contributed by atoms with Crippen LogP contribution in [0, 0.1) is 31.0 Å². The quantitative estimate of drug-likeness (QED) is 0.355. The normalized spacial score (nSPS) is 16.5. The first-order valence-electron chi connectivity index (χ1n) is 11.2. The highest BCUT2D eigenvalue weighted by atomic mass is 32.2. The molecule has 8 heteroatoms. The van der Waals surface area contributed by atoms with E-state index in [2.05, 4.69) is 5.32 Å². The summed E-state index contributed by atoms with van der Waals surface area (Å²) in [6.45, 7) is 3.88. The van der Waals surface area contributed by atoms with E-state index >= 15 is 0 Å². The lowest BCUT2D eigenvalue weighted by Crippen LogP contribution is -2.31. The molecule has 1 atom stereocenters. The van der Waals surface area contributed by atoms with Crippen molar-refractivity contribution >= 4 is 35.0 Å². The molecule has 0 bridgehead atoms. The lowest BCUT2D eigenvalue weighted by molar-refractivity contribution is -0.117. The van der Waals surface area contributed by atoms with Crippen molar-refractivity contribution in [2.45, 2.75) is 25.5 Å². The Hall–Kier alpha value is -4.09. The molecular formula is C28H24FN3O3S. The van der Waals surface area contributed by atoms with E-state index in [1.165, 1.54) is 18.1 Å². The van der Waals surface area contributed by atoms with E-state index in [1.807, 2.05) is 32.0 Å². The van der Waals surface area contributed by atoms with Gasteiger partial charge in [0, 0.05) is 5.69 Å². The van der Waals surface area contributed by atoms with Crippen LogP contribution in [0.1, 0.15) is 16.7 Å². The molecule has 0 spiro atoms. The van der Waals surface area contributed by atoms with Crippen molar-refractivity contribution in [3.63, 3.8) is 0 Å². The van der Waals surface area contributed by atoms with Gasteiger partial charge in [-0.3, -0.25) is 14.5 Å². The van der Waals surface area contributed by atoms with Crippen LogP contribution >= 0.6 is 11.8 Å². The molecule has 36 heavy (non-hydrogen) atoms. The molecule has 1 saturated heterocycles. The van der Waals surface area contributed by atoms with Crippen LogP contribution in [0.3, 0.4) is 0 Å². The van der Waals surface area contributed by atoms with Gasteiger partial charge in [-0.2, -0.15) is 5.26 Å². The Morgan fingerprint density at radius 1 is 1.11 bits per heavy atom. The van der Waals surface area contributed by atoms with E-state index in [0.717, 1.165) is 22.9 Å². The molecule has 1 fully saturated rings. The first-order chi connectivity index (χ1) is 17.3. The highest BCUT2D eigenvalue weighted by Gasteiger charge is 2.41. The Bertz CT molecular complexity index is 1410. The molecule has 2 amide bonds. The number of anilines is 2. The molecule has 1 N–H and O–H groups in total. The average molecular weight is 502 g/mol. The summed E-state index contributed by atoms with van der Waals surface area (Å²) in [4.78, 5) is 28.3. The Kier molecular flexibility index (Phi) is 7.41. The topological polar surface area (TPSA) is 82.4 Å². The van der Waals surface area contributed by atoms with Gasteiger partial charge >= 0.3 is 0 Å². The lowest BCUT2D eigenvalue weighted by Gasteiger charge is -2.20. The molecule has 0 saturated carbocycles. The summed E-state index contributed by atoms with van der Waals surface area (Å²) in [5, 5.41) is 12.2. The number of halogens is 1. The monoisotopic (exact) mass is 501 g/mol. The molecule has 0 aromatic heterocycles. The number of hydrogen-bond donors (Lipinski definition) is 1. The van der Waals surface area contributed by atoms with Gasteiger partial charge in [-0.25, -0.2) is 4.39 Å². The molecule has 1 aliphatic heterocycles. The number of ether oxygens (including phenoxy) is 1. The predicted octanol–water partition coefficient (Wildman–Crippen LogP) is 5.52. The smallest absolute Gasteiger partial charge is 0.269 e. The minimum absolute atomic E-state index is 0.119. The molecule has 182 valence electrons. The van der Waals surface area contributed by atoms with Crippen molar-refractivity contribution in [3.05, 3.63) is 99.8 Å². The van der Waals surface area contributed by atoms with E-state index in [0.29, 0.717) is 22.7 Å². The number of aryl methyl sites for hydroxylation is 2. The second-order valence-corrected chi connectivity index (χ2v) is 9.48. The zero-order valence-electron chi connectivity index (χ0n) is 20.0. The summed E-state index contributed by atoms with van der Waals surface area (Å²) in [5.41, 5.74) is 3.11. The van der Waals surface area contributed by atoms with Gasteiger partial charge in [0.05, 0.1) is 18.0 Å². The van der Waals surface area contributed by atoms with Crippen LogP contribution in [-0.4, -0.2) is 24.2 Å². The zero-order chi connectivity index (χ0) is 25.8. The van der Waals surface area contributed by atoms with Gasteiger partial charge in [0.1, 0.15) is 28.2 Å². The molecule has 3 aromatic rings. The number of benzene rings is 3. The van der Waals surface area contributed by atoms with Crippen LogP contribution in [-0.2, 0) is 16.0 Å². The Morgan fingerprint density at radius 2 is 1.83 bits per heavy atom. The van der Waals surface area contributed by atoms with Crippen LogP contribution in [0.15, 0.2) is 77.3 Å². The van der Waals surface area contributed by atoms with Gasteiger partial charge in [0.15, 0.2) is 0 Å². The summed E-state index contributed by atoms with van der Waals surface area (Å²) < 4.78 is 19.7. The van der Waals surface area contributed by atoms with Crippen molar-refractivity contribution in [2.24, 2.45) is 0 Å². The molecule has 0 radical (unpaired) electrons. The summed E-state index contributed by atoms with van der Waals surface area (Å²) in [6.07, 6.45) is 0.119. The number of thioether (sulfide) groups is 1. The molecule has 6 nitrogen and oxygen atoms in total. The van der Waals surface area contributed by atoms with Crippen molar-refractivity contribution in [2.75, 3.05) is 17.3 Å². The Balaban J connectivity index is 1.77. The molecule has 1 heterocycles. The average Bonchev–Trinajstić information content (AvgIpc) is 3.18. The maximum absolute atomic E-state index is 14.4. The van der Waals surface area contributed by atoms with E-state index < -0.39 is 17.0 Å². The van der Waals surface area contributed by atoms with Gasteiger partial charge in [-0.1, -0.05) is 48.2 Å². The summed E-state index contributed by atoms with van der Waals surface area (Å²) in [7, 11) is 1.48. The first kappa shape index (κ1) is 25.0. The highest BCUT2D eigenvalue weighted by molar-refractivity contribution is 8.05. The number of carbonyl (C=O) groups is 2. The van der Waals surface area contributed by atoms with E-state index in [4.69, 9.17) is 4.74 Å². The number of methoxy groups -OCH3 is 1. The van der Waals surface area contributed by atoms with E-state index in [1.54, 1.807) is 48.5 Å². The molecule has 1 unspecified atom stereocenters. The molecule has 0 aliphatic carbocycles. The number of nitrogens with one attached hydrogen (secondary N) is 1. The van der Waals surface area contributed by atoms with Gasteiger partial charge in [0.25, 0.3) is 5.91 Å². The zero-order valence-corrected chi connectivity index (χ0v) is 20.9. The third-order valence-electron chi connectivity index (χ3n) is 5.97.